The molecule has 0 spiro atoms. The SMILES string of the molecule is CCC(N)(CC)CNC(=O)C1(CC(C)C)CCC1.Cl. The minimum atomic E-state index is -0.238. The first-order chi connectivity index (χ1) is 8.37. The molecule has 0 heterocycles. The van der Waals surface area contributed by atoms with Crippen molar-refractivity contribution in [2.24, 2.45) is 17.1 Å². The van der Waals surface area contributed by atoms with Crippen LogP contribution >= 0.6 is 12.4 Å². The molecule has 1 amide bonds. The van der Waals surface area contributed by atoms with Crippen molar-refractivity contribution in [2.45, 2.75) is 71.8 Å². The number of halogens is 1. The van der Waals surface area contributed by atoms with Gasteiger partial charge in [0.1, 0.15) is 0 Å². The highest BCUT2D eigenvalue weighted by Gasteiger charge is 2.44. The third kappa shape index (κ3) is 4.64. The molecular weight excluding hydrogens is 260 g/mol. The number of nitrogens with one attached hydrogen (secondary N) is 1. The summed E-state index contributed by atoms with van der Waals surface area (Å²) in [5.41, 5.74) is 5.91. The van der Waals surface area contributed by atoms with Gasteiger partial charge in [-0.2, -0.15) is 0 Å². The molecule has 1 saturated carbocycles. The Morgan fingerprint density at radius 3 is 2.16 bits per heavy atom. The Hall–Kier alpha value is -0.280. The van der Waals surface area contributed by atoms with Gasteiger partial charge in [-0.15, -0.1) is 12.4 Å². The molecule has 0 aromatic carbocycles. The van der Waals surface area contributed by atoms with Crippen molar-refractivity contribution in [1.82, 2.24) is 5.32 Å². The Bertz CT molecular complexity index is 284. The van der Waals surface area contributed by atoms with Crippen LogP contribution in [0.5, 0.6) is 0 Å². The molecule has 1 fully saturated rings. The van der Waals surface area contributed by atoms with Crippen LogP contribution in [-0.4, -0.2) is 18.0 Å². The summed E-state index contributed by atoms with van der Waals surface area (Å²) in [4.78, 5) is 12.4. The van der Waals surface area contributed by atoms with Gasteiger partial charge in [0.05, 0.1) is 0 Å². The molecule has 0 radical (unpaired) electrons. The normalized spacial score (nSPS) is 17.6. The zero-order valence-corrected chi connectivity index (χ0v) is 13.7. The molecule has 1 aliphatic rings. The van der Waals surface area contributed by atoms with Crippen molar-refractivity contribution in [3.63, 3.8) is 0 Å². The molecule has 0 atom stereocenters. The Labute approximate surface area is 124 Å². The molecule has 3 nitrogen and oxygen atoms in total. The number of hydrogen-bond donors (Lipinski definition) is 2. The van der Waals surface area contributed by atoms with E-state index in [4.69, 9.17) is 5.73 Å². The zero-order valence-electron chi connectivity index (χ0n) is 12.9. The predicted octanol–water partition coefficient (Wildman–Crippen LogP) is 3.26. The molecule has 0 aromatic rings. The lowest BCUT2D eigenvalue weighted by Crippen LogP contribution is -2.54. The van der Waals surface area contributed by atoms with Gasteiger partial charge < -0.3 is 11.1 Å². The van der Waals surface area contributed by atoms with Crippen LogP contribution in [0.25, 0.3) is 0 Å². The highest BCUT2D eigenvalue weighted by Crippen LogP contribution is 2.46. The standard InChI is InChI=1S/C15H30N2O.ClH/c1-5-15(16,6-2)11-17-13(18)14(8-7-9-14)10-12(3)4;/h12H,5-11,16H2,1-4H3,(H,17,18);1H. The van der Waals surface area contributed by atoms with E-state index < -0.39 is 0 Å². The van der Waals surface area contributed by atoms with E-state index in [2.05, 4.69) is 33.0 Å². The van der Waals surface area contributed by atoms with Gasteiger partial charge in [-0.25, -0.2) is 0 Å². The second kappa shape index (κ2) is 7.49. The van der Waals surface area contributed by atoms with E-state index in [0.29, 0.717) is 12.5 Å². The van der Waals surface area contributed by atoms with E-state index in [1.165, 1.54) is 6.42 Å². The molecule has 114 valence electrons. The predicted molar refractivity (Wildman–Crippen MR) is 83.5 cm³/mol. The smallest absolute Gasteiger partial charge is 0.226 e. The maximum absolute atomic E-state index is 12.4. The summed E-state index contributed by atoms with van der Waals surface area (Å²) in [6.07, 6.45) is 6.10. The fourth-order valence-electron chi connectivity index (χ4n) is 2.85. The molecule has 4 heteroatoms. The average molecular weight is 291 g/mol. The molecule has 0 saturated heterocycles. The second-order valence-corrected chi connectivity index (χ2v) is 6.48. The van der Waals surface area contributed by atoms with Gasteiger partial charge in [0.25, 0.3) is 0 Å². The summed E-state index contributed by atoms with van der Waals surface area (Å²) in [5.74, 6) is 0.815. The van der Waals surface area contributed by atoms with Gasteiger partial charge in [0.15, 0.2) is 0 Å². The lowest BCUT2D eigenvalue weighted by molar-refractivity contribution is -0.137. The Morgan fingerprint density at radius 1 is 1.32 bits per heavy atom. The number of carbonyl (C=O) groups excluding carboxylic acids is 1. The fourth-order valence-corrected chi connectivity index (χ4v) is 2.85. The van der Waals surface area contributed by atoms with Crippen LogP contribution in [0.2, 0.25) is 0 Å². The van der Waals surface area contributed by atoms with Crippen molar-refractivity contribution in [1.29, 1.82) is 0 Å². The molecule has 1 aliphatic carbocycles. The van der Waals surface area contributed by atoms with Crippen molar-refractivity contribution in [2.75, 3.05) is 6.54 Å². The number of hydrogen-bond acceptors (Lipinski definition) is 2. The average Bonchev–Trinajstić information content (AvgIpc) is 2.30. The van der Waals surface area contributed by atoms with E-state index >= 15 is 0 Å². The molecule has 0 bridgehead atoms. The summed E-state index contributed by atoms with van der Waals surface area (Å²) in [5, 5.41) is 3.11. The van der Waals surface area contributed by atoms with Gasteiger partial charge >= 0.3 is 0 Å². The first-order valence-electron chi connectivity index (χ1n) is 7.44. The molecule has 0 unspecified atom stereocenters. The lowest BCUT2D eigenvalue weighted by Gasteiger charge is -2.42. The van der Waals surface area contributed by atoms with E-state index in [-0.39, 0.29) is 29.3 Å². The fraction of sp³-hybridized carbons (Fsp3) is 0.933. The van der Waals surface area contributed by atoms with Crippen LogP contribution in [0.15, 0.2) is 0 Å². The van der Waals surface area contributed by atoms with Gasteiger partial charge in [0.2, 0.25) is 5.91 Å². The van der Waals surface area contributed by atoms with Crippen LogP contribution in [-0.2, 0) is 4.79 Å². The Morgan fingerprint density at radius 2 is 1.84 bits per heavy atom. The second-order valence-electron chi connectivity index (χ2n) is 6.48. The van der Waals surface area contributed by atoms with Gasteiger partial charge in [-0.05, 0) is 38.0 Å². The molecular formula is C15H31ClN2O. The maximum atomic E-state index is 12.4. The Kier molecular flexibility index (Phi) is 7.38. The van der Waals surface area contributed by atoms with Crippen LogP contribution in [0.4, 0.5) is 0 Å². The first-order valence-corrected chi connectivity index (χ1v) is 7.44. The van der Waals surface area contributed by atoms with Crippen molar-refractivity contribution in [3.05, 3.63) is 0 Å². The first kappa shape index (κ1) is 18.7. The molecule has 0 aromatic heterocycles. The molecule has 19 heavy (non-hydrogen) atoms. The summed E-state index contributed by atoms with van der Waals surface area (Å²) in [7, 11) is 0. The lowest BCUT2D eigenvalue weighted by atomic mass is 9.64. The van der Waals surface area contributed by atoms with E-state index in [0.717, 1.165) is 32.1 Å². The summed E-state index contributed by atoms with van der Waals surface area (Å²) < 4.78 is 0. The largest absolute Gasteiger partial charge is 0.354 e. The van der Waals surface area contributed by atoms with Gasteiger partial charge in [-0.1, -0.05) is 34.1 Å². The van der Waals surface area contributed by atoms with Gasteiger partial charge in [-0.3, -0.25) is 4.79 Å². The molecule has 1 rings (SSSR count). The van der Waals surface area contributed by atoms with Crippen LogP contribution in [0, 0.1) is 11.3 Å². The third-order valence-electron chi connectivity index (χ3n) is 4.60. The summed E-state index contributed by atoms with van der Waals surface area (Å²) in [6.45, 7) is 9.17. The van der Waals surface area contributed by atoms with E-state index in [1.807, 2.05) is 0 Å². The highest BCUT2D eigenvalue weighted by atomic mass is 35.5. The van der Waals surface area contributed by atoms with Gasteiger partial charge in [0, 0.05) is 17.5 Å². The monoisotopic (exact) mass is 290 g/mol. The number of carbonyl (C=O) groups is 1. The number of amides is 1. The quantitative estimate of drug-likeness (QED) is 0.756. The van der Waals surface area contributed by atoms with Crippen molar-refractivity contribution >= 4 is 18.3 Å². The number of nitrogens with two attached hydrogens (primary N) is 1. The van der Waals surface area contributed by atoms with Crippen LogP contribution < -0.4 is 11.1 Å². The molecule has 3 N–H and O–H groups in total. The van der Waals surface area contributed by atoms with Crippen molar-refractivity contribution in [3.8, 4) is 0 Å². The Balaban J connectivity index is 0.00000324. The van der Waals surface area contributed by atoms with Crippen LogP contribution in [0.1, 0.15) is 66.2 Å². The third-order valence-corrected chi connectivity index (χ3v) is 4.60. The zero-order chi connectivity index (χ0) is 13.8. The van der Waals surface area contributed by atoms with Crippen molar-refractivity contribution < 1.29 is 4.79 Å². The summed E-state index contributed by atoms with van der Waals surface area (Å²) >= 11 is 0. The summed E-state index contributed by atoms with van der Waals surface area (Å²) in [6, 6.07) is 0. The highest BCUT2D eigenvalue weighted by molar-refractivity contribution is 5.85. The maximum Gasteiger partial charge on any atom is 0.226 e. The minimum Gasteiger partial charge on any atom is -0.354 e. The van der Waals surface area contributed by atoms with E-state index in [1.54, 1.807) is 0 Å². The minimum absolute atomic E-state index is 0. The van der Waals surface area contributed by atoms with Crippen LogP contribution in [0.3, 0.4) is 0 Å². The number of rotatable bonds is 7. The van der Waals surface area contributed by atoms with E-state index in [9.17, 15) is 4.79 Å². The molecule has 0 aliphatic heterocycles. The topological polar surface area (TPSA) is 55.1 Å².